The third-order valence-corrected chi connectivity index (χ3v) is 2.74. The van der Waals surface area contributed by atoms with E-state index in [1.165, 1.54) is 25.3 Å². The summed E-state index contributed by atoms with van der Waals surface area (Å²) >= 11 is 0. The fourth-order valence-electron chi connectivity index (χ4n) is 1.68. The van der Waals surface area contributed by atoms with E-state index >= 15 is 0 Å². The minimum absolute atomic E-state index is 0.291. The summed E-state index contributed by atoms with van der Waals surface area (Å²) in [5, 5.41) is 9.27. The van der Waals surface area contributed by atoms with Crippen LogP contribution in [0.1, 0.15) is 44.6 Å². The van der Waals surface area contributed by atoms with Crippen molar-refractivity contribution in [2.24, 2.45) is 0 Å². The predicted molar refractivity (Wildman–Crippen MR) is 67.1 cm³/mol. The Hall–Kier alpha value is -1.25. The van der Waals surface area contributed by atoms with E-state index in [9.17, 15) is 9.50 Å². The zero-order valence-electron chi connectivity index (χ0n) is 10.6. The molecule has 1 rings (SSSR count). The summed E-state index contributed by atoms with van der Waals surface area (Å²) in [5.74, 6) is -0.417. The molecule has 0 aliphatic carbocycles. The van der Waals surface area contributed by atoms with Crippen LogP contribution in [-0.4, -0.2) is 11.7 Å². The number of ether oxygens (including phenoxy) is 1. The second kappa shape index (κ2) is 7.15. The van der Waals surface area contributed by atoms with Crippen LogP contribution in [0.25, 0.3) is 0 Å². The number of rotatable bonds is 7. The summed E-state index contributed by atoms with van der Waals surface area (Å²) in [6.45, 7) is 4.44. The molecule has 0 radical (unpaired) electrons. The van der Waals surface area contributed by atoms with Crippen molar-refractivity contribution in [2.75, 3.05) is 6.61 Å². The second-order valence-electron chi connectivity index (χ2n) is 4.33. The van der Waals surface area contributed by atoms with Crippen LogP contribution in [0.3, 0.4) is 0 Å². The van der Waals surface area contributed by atoms with Crippen LogP contribution in [-0.2, 0) is 0 Å². The van der Waals surface area contributed by atoms with Gasteiger partial charge in [0.15, 0.2) is 11.6 Å². The monoisotopic (exact) mass is 240 g/mol. The SMILES string of the molecule is CCCCCCCOc1cc(C)c(O)c(F)c1. The van der Waals surface area contributed by atoms with Gasteiger partial charge in [-0.15, -0.1) is 0 Å². The van der Waals surface area contributed by atoms with Crippen LogP contribution in [0.5, 0.6) is 11.5 Å². The zero-order chi connectivity index (χ0) is 12.7. The van der Waals surface area contributed by atoms with Crippen molar-refractivity contribution >= 4 is 0 Å². The molecule has 0 spiro atoms. The lowest BCUT2D eigenvalue weighted by atomic mass is 10.2. The first-order valence-corrected chi connectivity index (χ1v) is 6.27. The highest BCUT2D eigenvalue weighted by Crippen LogP contribution is 2.26. The molecule has 0 fully saturated rings. The smallest absolute Gasteiger partial charge is 0.168 e. The van der Waals surface area contributed by atoms with Gasteiger partial charge < -0.3 is 9.84 Å². The maximum absolute atomic E-state index is 13.2. The molecule has 96 valence electrons. The third-order valence-electron chi connectivity index (χ3n) is 2.74. The lowest BCUT2D eigenvalue weighted by molar-refractivity contribution is 0.301. The van der Waals surface area contributed by atoms with Crippen molar-refractivity contribution in [3.63, 3.8) is 0 Å². The van der Waals surface area contributed by atoms with E-state index in [0.717, 1.165) is 12.8 Å². The van der Waals surface area contributed by atoms with Crippen LogP contribution in [0.15, 0.2) is 12.1 Å². The average Bonchev–Trinajstić information content (AvgIpc) is 2.30. The van der Waals surface area contributed by atoms with Crippen molar-refractivity contribution in [2.45, 2.75) is 46.0 Å². The summed E-state index contributed by atoms with van der Waals surface area (Å²) in [7, 11) is 0. The fraction of sp³-hybridized carbons (Fsp3) is 0.571. The van der Waals surface area contributed by atoms with Gasteiger partial charge in [0, 0.05) is 6.07 Å². The number of halogens is 1. The first-order chi connectivity index (χ1) is 8.15. The molecule has 0 atom stereocenters. The summed E-state index contributed by atoms with van der Waals surface area (Å²) in [6, 6.07) is 2.89. The van der Waals surface area contributed by atoms with E-state index in [4.69, 9.17) is 4.74 Å². The van der Waals surface area contributed by atoms with Gasteiger partial charge in [-0.25, -0.2) is 4.39 Å². The molecule has 1 aromatic rings. The summed E-state index contributed by atoms with van der Waals surface area (Å²) in [6.07, 6.45) is 5.84. The van der Waals surface area contributed by atoms with Gasteiger partial charge in [0.25, 0.3) is 0 Å². The molecule has 0 amide bonds. The molecule has 3 heteroatoms. The largest absolute Gasteiger partial charge is 0.505 e. The zero-order valence-corrected chi connectivity index (χ0v) is 10.6. The topological polar surface area (TPSA) is 29.5 Å². The summed E-state index contributed by atoms with van der Waals surface area (Å²) < 4.78 is 18.6. The average molecular weight is 240 g/mol. The highest BCUT2D eigenvalue weighted by molar-refractivity contribution is 5.39. The predicted octanol–water partition coefficient (Wildman–Crippen LogP) is 4.19. The maximum Gasteiger partial charge on any atom is 0.168 e. The standard InChI is InChI=1S/C14H21FO2/c1-3-4-5-6-7-8-17-12-9-11(2)14(16)13(15)10-12/h9-10,16H,3-8H2,1-2H3. The molecular weight excluding hydrogens is 219 g/mol. The van der Waals surface area contributed by atoms with Crippen molar-refractivity contribution in [3.05, 3.63) is 23.5 Å². The molecule has 0 heterocycles. The van der Waals surface area contributed by atoms with Crippen LogP contribution < -0.4 is 4.74 Å². The molecule has 0 unspecified atom stereocenters. The number of aryl methyl sites for hydroxylation is 1. The molecule has 0 saturated heterocycles. The number of phenols is 1. The number of hydrogen-bond donors (Lipinski definition) is 1. The van der Waals surface area contributed by atoms with Crippen molar-refractivity contribution in [1.82, 2.24) is 0 Å². The number of hydrogen-bond acceptors (Lipinski definition) is 2. The van der Waals surface area contributed by atoms with Gasteiger partial charge >= 0.3 is 0 Å². The van der Waals surface area contributed by atoms with Crippen LogP contribution >= 0.6 is 0 Å². The van der Waals surface area contributed by atoms with Crippen LogP contribution in [0, 0.1) is 12.7 Å². The molecule has 0 bridgehead atoms. The van der Waals surface area contributed by atoms with E-state index in [1.807, 2.05) is 0 Å². The fourth-order valence-corrected chi connectivity index (χ4v) is 1.68. The van der Waals surface area contributed by atoms with E-state index in [1.54, 1.807) is 13.0 Å². The highest BCUT2D eigenvalue weighted by Gasteiger charge is 2.06. The van der Waals surface area contributed by atoms with E-state index in [-0.39, 0.29) is 5.75 Å². The summed E-state index contributed by atoms with van der Waals surface area (Å²) in [4.78, 5) is 0. The molecule has 0 aliphatic heterocycles. The molecule has 1 N–H and O–H groups in total. The third kappa shape index (κ3) is 4.63. The van der Waals surface area contributed by atoms with Gasteiger partial charge in [0.05, 0.1) is 6.61 Å². The van der Waals surface area contributed by atoms with Gasteiger partial charge in [-0.05, 0) is 25.0 Å². The van der Waals surface area contributed by atoms with Gasteiger partial charge in [-0.2, -0.15) is 0 Å². The molecule has 17 heavy (non-hydrogen) atoms. The molecular formula is C14H21FO2. The first kappa shape index (κ1) is 13.8. The van der Waals surface area contributed by atoms with Crippen molar-refractivity contribution < 1.29 is 14.2 Å². The molecule has 0 aromatic heterocycles. The Kier molecular flexibility index (Phi) is 5.81. The Morgan fingerprint density at radius 2 is 1.88 bits per heavy atom. The second-order valence-corrected chi connectivity index (χ2v) is 4.33. The molecule has 1 aromatic carbocycles. The van der Waals surface area contributed by atoms with Gasteiger partial charge in [-0.1, -0.05) is 32.6 Å². The molecule has 2 nitrogen and oxygen atoms in total. The van der Waals surface area contributed by atoms with Crippen molar-refractivity contribution in [1.29, 1.82) is 0 Å². The minimum atomic E-state index is -0.619. The highest BCUT2D eigenvalue weighted by atomic mass is 19.1. The Bertz CT molecular complexity index is 327. The quantitative estimate of drug-likeness (QED) is 0.724. The number of phenolic OH excluding ortho intramolecular Hbond substituents is 1. The van der Waals surface area contributed by atoms with Gasteiger partial charge in [0.2, 0.25) is 0 Å². The maximum atomic E-state index is 13.2. The normalized spacial score (nSPS) is 10.5. The molecule has 0 saturated carbocycles. The Morgan fingerprint density at radius 1 is 1.18 bits per heavy atom. The Balaban J connectivity index is 2.32. The first-order valence-electron chi connectivity index (χ1n) is 6.27. The van der Waals surface area contributed by atoms with E-state index in [0.29, 0.717) is 17.9 Å². The van der Waals surface area contributed by atoms with E-state index in [2.05, 4.69) is 6.92 Å². The summed E-state index contributed by atoms with van der Waals surface area (Å²) in [5.41, 5.74) is 0.506. The molecule has 0 aliphatic rings. The van der Waals surface area contributed by atoms with Crippen molar-refractivity contribution in [3.8, 4) is 11.5 Å². The number of aromatic hydroxyl groups is 1. The minimum Gasteiger partial charge on any atom is -0.505 e. The lowest BCUT2D eigenvalue weighted by Gasteiger charge is -2.08. The van der Waals surface area contributed by atoms with Crippen LogP contribution in [0.4, 0.5) is 4.39 Å². The Morgan fingerprint density at radius 3 is 2.53 bits per heavy atom. The van der Waals surface area contributed by atoms with Gasteiger partial charge in [-0.3, -0.25) is 0 Å². The Labute approximate surface area is 102 Å². The lowest BCUT2D eigenvalue weighted by Crippen LogP contribution is -1.98. The number of benzene rings is 1. The van der Waals surface area contributed by atoms with Crippen LogP contribution in [0.2, 0.25) is 0 Å². The number of unbranched alkanes of at least 4 members (excludes halogenated alkanes) is 4. The van der Waals surface area contributed by atoms with Gasteiger partial charge in [0.1, 0.15) is 5.75 Å². The van der Waals surface area contributed by atoms with E-state index < -0.39 is 5.82 Å².